The Kier molecular flexibility index (Phi) is 4.29. The van der Waals surface area contributed by atoms with Crippen molar-refractivity contribution in [1.82, 2.24) is 4.57 Å². The minimum Gasteiger partial charge on any atom is -0.452 e. The Balaban J connectivity index is 1.79. The summed E-state index contributed by atoms with van der Waals surface area (Å²) in [5.41, 5.74) is 2.12. The number of hydrogen-bond donors (Lipinski definition) is 0. The summed E-state index contributed by atoms with van der Waals surface area (Å²) in [6.45, 7) is -0.916. The highest BCUT2D eigenvalue weighted by atomic mass is 19.4. The number of fused-ring (bicyclic) bond motifs is 1. The lowest BCUT2D eigenvalue weighted by atomic mass is 10.1. The van der Waals surface area contributed by atoms with E-state index in [4.69, 9.17) is 0 Å². The fourth-order valence-corrected chi connectivity index (χ4v) is 2.48. The minimum absolute atomic E-state index is 0.101. The Labute approximate surface area is 136 Å². The zero-order valence-corrected chi connectivity index (χ0v) is 12.6. The average Bonchev–Trinajstić information content (AvgIpc) is 2.95. The van der Waals surface area contributed by atoms with Gasteiger partial charge in [0.15, 0.2) is 6.61 Å². The Bertz CT molecular complexity index is 854. The summed E-state index contributed by atoms with van der Waals surface area (Å²) in [7, 11) is 0. The van der Waals surface area contributed by atoms with Crippen LogP contribution in [-0.4, -0.2) is 23.3 Å². The first-order valence-electron chi connectivity index (χ1n) is 7.29. The van der Waals surface area contributed by atoms with E-state index in [1.165, 1.54) is 12.1 Å². The monoisotopic (exact) mass is 333 g/mol. The predicted molar refractivity (Wildman–Crippen MR) is 83.8 cm³/mol. The fraction of sp³-hybridized carbons (Fsp3) is 0.167. The molecule has 0 aliphatic heterocycles. The smallest absolute Gasteiger partial charge is 0.422 e. The Morgan fingerprint density at radius 3 is 2.50 bits per heavy atom. The molecule has 2 aromatic carbocycles. The quantitative estimate of drug-likeness (QED) is 0.662. The first-order valence-corrected chi connectivity index (χ1v) is 7.29. The predicted octanol–water partition coefficient (Wildman–Crippen LogP) is 4.41. The molecule has 0 spiro atoms. The maximum atomic E-state index is 12.1. The number of benzene rings is 2. The normalized spacial score (nSPS) is 11.6. The van der Waals surface area contributed by atoms with Gasteiger partial charge in [0.25, 0.3) is 0 Å². The number of nitrogens with zero attached hydrogens (tertiary/aromatic N) is 1. The Morgan fingerprint density at radius 1 is 1.04 bits per heavy atom. The molecule has 1 aromatic heterocycles. The van der Waals surface area contributed by atoms with Crippen molar-refractivity contribution in [1.29, 1.82) is 0 Å². The maximum Gasteiger partial charge on any atom is 0.422 e. The van der Waals surface area contributed by atoms with E-state index in [1.807, 2.05) is 47.2 Å². The number of alkyl halides is 3. The summed E-state index contributed by atoms with van der Waals surface area (Å²) in [5.74, 6) is -0.981. The van der Waals surface area contributed by atoms with Crippen molar-refractivity contribution < 1.29 is 22.7 Å². The van der Waals surface area contributed by atoms with Crippen molar-refractivity contribution >= 4 is 16.9 Å². The summed E-state index contributed by atoms with van der Waals surface area (Å²) in [5, 5.41) is 0.771. The van der Waals surface area contributed by atoms with Crippen LogP contribution in [0.5, 0.6) is 0 Å². The number of hydrogen-bond acceptors (Lipinski definition) is 2. The van der Waals surface area contributed by atoms with Gasteiger partial charge in [-0.2, -0.15) is 13.2 Å². The van der Waals surface area contributed by atoms with Crippen LogP contribution in [-0.2, 0) is 11.3 Å². The van der Waals surface area contributed by atoms with Gasteiger partial charge in [0, 0.05) is 23.6 Å². The Hall–Kier alpha value is -2.76. The minimum atomic E-state index is -4.53. The second-order valence-corrected chi connectivity index (χ2v) is 5.39. The highest BCUT2D eigenvalue weighted by Gasteiger charge is 2.29. The molecule has 0 bridgehead atoms. The molecule has 3 aromatic rings. The highest BCUT2D eigenvalue weighted by molar-refractivity contribution is 5.94. The molecule has 24 heavy (non-hydrogen) atoms. The van der Waals surface area contributed by atoms with Crippen molar-refractivity contribution in [2.24, 2.45) is 0 Å². The Morgan fingerprint density at radius 2 is 1.79 bits per heavy atom. The number of rotatable bonds is 4. The van der Waals surface area contributed by atoms with Crippen molar-refractivity contribution in [3.8, 4) is 0 Å². The summed E-state index contributed by atoms with van der Waals surface area (Å²) in [4.78, 5) is 11.7. The number of carbonyl (C=O) groups is 1. The number of esters is 1. The van der Waals surface area contributed by atoms with E-state index in [0.717, 1.165) is 16.5 Å². The van der Waals surface area contributed by atoms with Crippen LogP contribution in [0.4, 0.5) is 13.2 Å². The summed E-state index contributed by atoms with van der Waals surface area (Å²) in [6, 6.07) is 16.4. The molecule has 3 nitrogen and oxygen atoms in total. The molecule has 0 saturated carbocycles. The number of carbonyl (C=O) groups excluding carboxylic acids is 1. The average molecular weight is 333 g/mol. The van der Waals surface area contributed by atoms with Gasteiger partial charge in [-0.05, 0) is 29.8 Å². The number of aromatic nitrogens is 1. The van der Waals surface area contributed by atoms with Gasteiger partial charge in [0.1, 0.15) is 0 Å². The van der Waals surface area contributed by atoms with Crippen molar-refractivity contribution in [2.45, 2.75) is 12.7 Å². The third kappa shape index (κ3) is 3.76. The second-order valence-electron chi connectivity index (χ2n) is 5.39. The lowest BCUT2D eigenvalue weighted by Gasteiger charge is -2.08. The van der Waals surface area contributed by atoms with Crippen LogP contribution < -0.4 is 0 Å². The lowest BCUT2D eigenvalue weighted by Crippen LogP contribution is -2.20. The lowest BCUT2D eigenvalue weighted by molar-refractivity contribution is -0.161. The van der Waals surface area contributed by atoms with Crippen LogP contribution in [0.3, 0.4) is 0 Å². The van der Waals surface area contributed by atoms with Gasteiger partial charge in [-0.3, -0.25) is 0 Å². The molecule has 0 unspecified atom stereocenters. The SMILES string of the molecule is O=C(OCC(F)(F)F)c1ccc2c(ccn2Cc2ccccc2)c1. The fourth-order valence-electron chi connectivity index (χ4n) is 2.48. The van der Waals surface area contributed by atoms with Gasteiger partial charge in [-0.15, -0.1) is 0 Å². The molecule has 0 aliphatic rings. The first kappa shape index (κ1) is 16.1. The zero-order valence-electron chi connectivity index (χ0n) is 12.6. The molecule has 0 N–H and O–H groups in total. The zero-order chi connectivity index (χ0) is 17.2. The van der Waals surface area contributed by atoms with Crippen molar-refractivity contribution in [3.05, 3.63) is 71.9 Å². The van der Waals surface area contributed by atoms with Gasteiger partial charge in [-0.25, -0.2) is 4.79 Å². The van der Waals surface area contributed by atoms with Crippen LogP contribution >= 0.6 is 0 Å². The molecule has 3 rings (SSSR count). The van der Waals surface area contributed by atoms with Gasteiger partial charge in [-0.1, -0.05) is 30.3 Å². The molecule has 1 heterocycles. The topological polar surface area (TPSA) is 31.2 Å². The highest BCUT2D eigenvalue weighted by Crippen LogP contribution is 2.21. The van der Waals surface area contributed by atoms with E-state index in [9.17, 15) is 18.0 Å². The third-order valence-electron chi connectivity index (χ3n) is 3.57. The molecule has 0 fully saturated rings. The molecule has 0 radical (unpaired) electrons. The summed E-state index contributed by atoms with van der Waals surface area (Å²) < 4.78 is 42.6. The molecule has 0 saturated heterocycles. The van der Waals surface area contributed by atoms with Gasteiger partial charge in [0.05, 0.1) is 5.56 Å². The first-order chi connectivity index (χ1) is 11.4. The number of halogens is 3. The molecular weight excluding hydrogens is 319 g/mol. The third-order valence-corrected chi connectivity index (χ3v) is 3.57. The van der Waals surface area contributed by atoms with Crippen LogP contribution in [0, 0.1) is 0 Å². The standard InChI is InChI=1S/C18H14F3NO2/c19-18(20,21)12-24-17(23)15-6-7-16-14(10-15)8-9-22(16)11-13-4-2-1-3-5-13/h1-10H,11-12H2. The molecule has 0 aliphatic carbocycles. The van der Waals surface area contributed by atoms with E-state index in [1.54, 1.807) is 6.07 Å². The van der Waals surface area contributed by atoms with E-state index >= 15 is 0 Å². The van der Waals surface area contributed by atoms with Crippen molar-refractivity contribution in [3.63, 3.8) is 0 Å². The summed E-state index contributed by atoms with van der Waals surface area (Å²) >= 11 is 0. The van der Waals surface area contributed by atoms with E-state index < -0.39 is 18.8 Å². The van der Waals surface area contributed by atoms with Crippen LogP contribution in [0.1, 0.15) is 15.9 Å². The summed E-state index contributed by atoms with van der Waals surface area (Å²) in [6.07, 6.45) is -2.65. The van der Waals surface area contributed by atoms with Gasteiger partial charge in [0.2, 0.25) is 0 Å². The largest absolute Gasteiger partial charge is 0.452 e. The number of ether oxygens (including phenoxy) is 1. The van der Waals surface area contributed by atoms with Gasteiger partial charge >= 0.3 is 12.1 Å². The molecule has 0 atom stereocenters. The van der Waals surface area contributed by atoms with Crippen LogP contribution in [0.25, 0.3) is 10.9 Å². The van der Waals surface area contributed by atoms with Crippen LogP contribution in [0.15, 0.2) is 60.8 Å². The van der Waals surface area contributed by atoms with E-state index in [0.29, 0.717) is 6.54 Å². The van der Waals surface area contributed by atoms with E-state index in [2.05, 4.69) is 4.74 Å². The van der Waals surface area contributed by atoms with Crippen LogP contribution in [0.2, 0.25) is 0 Å². The molecular formula is C18H14F3NO2. The second kappa shape index (κ2) is 6.39. The molecule has 0 amide bonds. The van der Waals surface area contributed by atoms with Crippen molar-refractivity contribution in [2.75, 3.05) is 6.61 Å². The molecule has 6 heteroatoms. The molecule has 124 valence electrons. The maximum absolute atomic E-state index is 12.1. The van der Waals surface area contributed by atoms with Gasteiger partial charge < -0.3 is 9.30 Å². The van der Waals surface area contributed by atoms with E-state index in [-0.39, 0.29) is 5.56 Å².